The summed E-state index contributed by atoms with van der Waals surface area (Å²) in [5.41, 5.74) is 2.21. The summed E-state index contributed by atoms with van der Waals surface area (Å²) in [5.74, 6) is 0.860. The summed E-state index contributed by atoms with van der Waals surface area (Å²) in [6, 6.07) is 2.10. The van der Waals surface area contributed by atoms with Gasteiger partial charge in [-0.15, -0.1) is 0 Å². The van der Waals surface area contributed by atoms with Crippen molar-refractivity contribution in [3.8, 4) is 0 Å². The number of nitrogens with zero attached hydrogens (tertiary/aromatic N) is 2. The zero-order chi connectivity index (χ0) is 9.80. The van der Waals surface area contributed by atoms with Crippen LogP contribution in [-0.2, 0) is 6.54 Å². The van der Waals surface area contributed by atoms with Crippen molar-refractivity contribution in [2.45, 2.75) is 13.5 Å². The predicted octanol–water partition coefficient (Wildman–Crippen LogP) is 2.46. The lowest BCUT2D eigenvalue weighted by molar-refractivity contribution is 1.05. The quantitative estimate of drug-likeness (QED) is 0.836. The molecule has 0 spiro atoms. The summed E-state index contributed by atoms with van der Waals surface area (Å²) >= 11 is 1.70. The molecule has 14 heavy (non-hydrogen) atoms. The molecule has 0 radical (unpaired) electrons. The number of aromatic nitrogens is 2. The fraction of sp³-hybridized carbons (Fsp3) is 0.200. The second-order valence-electron chi connectivity index (χ2n) is 2.98. The first-order valence-corrected chi connectivity index (χ1v) is 5.33. The van der Waals surface area contributed by atoms with Crippen LogP contribution >= 0.6 is 11.3 Å². The molecule has 72 valence electrons. The molecular formula is C10H11N3S. The first-order chi connectivity index (χ1) is 6.86. The molecule has 0 saturated carbocycles. The van der Waals surface area contributed by atoms with Crippen molar-refractivity contribution < 1.29 is 0 Å². The van der Waals surface area contributed by atoms with E-state index in [4.69, 9.17) is 0 Å². The number of nitrogens with one attached hydrogen (secondary N) is 1. The average molecular weight is 205 g/mol. The molecule has 0 unspecified atom stereocenters. The Morgan fingerprint density at radius 1 is 1.36 bits per heavy atom. The number of hydrogen-bond donors (Lipinski definition) is 1. The number of anilines is 1. The minimum atomic E-state index is 0.809. The Morgan fingerprint density at radius 3 is 2.93 bits per heavy atom. The lowest BCUT2D eigenvalue weighted by Gasteiger charge is -2.05. The zero-order valence-corrected chi connectivity index (χ0v) is 8.71. The smallest absolute Gasteiger partial charge is 0.147 e. The first kappa shape index (κ1) is 9.15. The third-order valence-corrected chi connectivity index (χ3v) is 2.65. The fourth-order valence-electron chi connectivity index (χ4n) is 1.16. The van der Waals surface area contributed by atoms with Gasteiger partial charge in [0.05, 0.1) is 5.69 Å². The summed E-state index contributed by atoms with van der Waals surface area (Å²) in [7, 11) is 0. The fourth-order valence-corrected chi connectivity index (χ4v) is 1.83. The van der Waals surface area contributed by atoms with Gasteiger partial charge < -0.3 is 5.32 Å². The largest absolute Gasteiger partial charge is 0.364 e. The number of aryl methyl sites for hydroxylation is 1. The van der Waals surface area contributed by atoms with Gasteiger partial charge in [-0.25, -0.2) is 4.98 Å². The topological polar surface area (TPSA) is 37.8 Å². The Morgan fingerprint density at radius 2 is 2.21 bits per heavy atom. The van der Waals surface area contributed by atoms with Crippen molar-refractivity contribution in [1.29, 1.82) is 0 Å². The van der Waals surface area contributed by atoms with Gasteiger partial charge in [0.1, 0.15) is 5.82 Å². The summed E-state index contributed by atoms with van der Waals surface area (Å²) in [5, 5.41) is 7.44. The Balaban J connectivity index is 2.02. The van der Waals surface area contributed by atoms with Crippen LogP contribution in [0.1, 0.15) is 11.3 Å². The molecule has 0 aliphatic carbocycles. The molecule has 2 heterocycles. The van der Waals surface area contributed by atoms with Crippen LogP contribution in [0.3, 0.4) is 0 Å². The Labute approximate surface area is 86.8 Å². The van der Waals surface area contributed by atoms with Gasteiger partial charge in [0.15, 0.2) is 0 Å². The normalized spacial score (nSPS) is 10.1. The van der Waals surface area contributed by atoms with E-state index in [2.05, 4.69) is 32.1 Å². The van der Waals surface area contributed by atoms with E-state index in [1.807, 2.05) is 6.92 Å². The number of hydrogen-bond acceptors (Lipinski definition) is 4. The summed E-state index contributed by atoms with van der Waals surface area (Å²) < 4.78 is 0. The van der Waals surface area contributed by atoms with E-state index in [0.717, 1.165) is 18.1 Å². The number of thiophene rings is 1. The van der Waals surface area contributed by atoms with E-state index in [0.29, 0.717) is 0 Å². The lowest BCUT2D eigenvalue weighted by atomic mass is 10.3. The molecule has 0 fully saturated rings. The van der Waals surface area contributed by atoms with Crippen molar-refractivity contribution in [3.63, 3.8) is 0 Å². The molecule has 0 atom stereocenters. The molecular weight excluding hydrogens is 194 g/mol. The van der Waals surface area contributed by atoms with E-state index < -0.39 is 0 Å². The molecule has 2 aromatic rings. The maximum atomic E-state index is 4.21. The molecule has 3 nitrogen and oxygen atoms in total. The van der Waals surface area contributed by atoms with Gasteiger partial charge >= 0.3 is 0 Å². The highest BCUT2D eigenvalue weighted by molar-refractivity contribution is 7.07. The van der Waals surface area contributed by atoms with Crippen LogP contribution < -0.4 is 5.32 Å². The summed E-state index contributed by atoms with van der Waals surface area (Å²) in [6.07, 6.45) is 3.40. The predicted molar refractivity (Wildman–Crippen MR) is 58.4 cm³/mol. The van der Waals surface area contributed by atoms with Crippen LogP contribution in [0.5, 0.6) is 0 Å². The molecule has 0 bridgehead atoms. The third kappa shape index (κ3) is 2.09. The molecule has 0 saturated heterocycles. The van der Waals surface area contributed by atoms with Crippen molar-refractivity contribution in [2.75, 3.05) is 5.32 Å². The Kier molecular flexibility index (Phi) is 2.74. The van der Waals surface area contributed by atoms with E-state index in [-0.39, 0.29) is 0 Å². The van der Waals surface area contributed by atoms with Crippen LogP contribution in [0.2, 0.25) is 0 Å². The van der Waals surface area contributed by atoms with Gasteiger partial charge in [0.25, 0.3) is 0 Å². The molecule has 0 amide bonds. The second-order valence-corrected chi connectivity index (χ2v) is 3.76. The maximum Gasteiger partial charge on any atom is 0.147 e. The monoisotopic (exact) mass is 205 g/mol. The molecule has 2 rings (SSSR count). The molecule has 0 aromatic carbocycles. The van der Waals surface area contributed by atoms with Gasteiger partial charge in [-0.3, -0.25) is 4.98 Å². The highest BCUT2D eigenvalue weighted by Gasteiger charge is 1.98. The van der Waals surface area contributed by atoms with Gasteiger partial charge in [-0.2, -0.15) is 11.3 Å². The van der Waals surface area contributed by atoms with E-state index in [1.54, 1.807) is 23.7 Å². The van der Waals surface area contributed by atoms with Crippen LogP contribution in [-0.4, -0.2) is 9.97 Å². The zero-order valence-electron chi connectivity index (χ0n) is 7.90. The van der Waals surface area contributed by atoms with Crippen LogP contribution in [0.4, 0.5) is 5.82 Å². The maximum absolute atomic E-state index is 4.21. The summed E-state index contributed by atoms with van der Waals surface area (Å²) in [6.45, 7) is 2.76. The standard InChI is InChI=1S/C10H11N3S/c1-8-10(12-4-3-11-8)13-6-9-2-5-14-7-9/h2-5,7H,6H2,1H3,(H,12,13). The van der Waals surface area contributed by atoms with E-state index >= 15 is 0 Å². The molecule has 0 aliphatic rings. The number of rotatable bonds is 3. The molecule has 4 heteroatoms. The van der Waals surface area contributed by atoms with Crippen molar-refractivity contribution in [2.24, 2.45) is 0 Å². The molecule has 0 aliphatic heterocycles. The van der Waals surface area contributed by atoms with Crippen molar-refractivity contribution >= 4 is 17.2 Å². The minimum Gasteiger partial charge on any atom is -0.364 e. The highest BCUT2D eigenvalue weighted by atomic mass is 32.1. The van der Waals surface area contributed by atoms with Crippen molar-refractivity contribution in [1.82, 2.24) is 9.97 Å². The molecule has 2 aromatic heterocycles. The Hall–Kier alpha value is -1.42. The first-order valence-electron chi connectivity index (χ1n) is 4.39. The lowest BCUT2D eigenvalue weighted by Crippen LogP contribution is -2.02. The minimum absolute atomic E-state index is 0.809. The van der Waals surface area contributed by atoms with E-state index in [9.17, 15) is 0 Å². The van der Waals surface area contributed by atoms with Gasteiger partial charge in [-0.05, 0) is 29.3 Å². The third-order valence-electron chi connectivity index (χ3n) is 1.92. The van der Waals surface area contributed by atoms with Gasteiger partial charge in [-0.1, -0.05) is 0 Å². The van der Waals surface area contributed by atoms with Crippen LogP contribution in [0.15, 0.2) is 29.2 Å². The van der Waals surface area contributed by atoms with Crippen LogP contribution in [0, 0.1) is 6.92 Å². The average Bonchev–Trinajstić information content (AvgIpc) is 2.69. The van der Waals surface area contributed by atoms with Crippen molar-refractivity contribution in [3.05, 3.63) is 40.5 Å². The highest BCUT2D eigenvalue weighted by Crippen LogP contribution is 2.10. The van der Waals surface area contributed by atoms with E-state index in [1.165, 1.54) is 5.56 Å². The second kappa shape index (κ2) is 4.19. The van der Waals surface area contributed by atoms with Gasteiger partial charge in [0.2, 0.25) is 0 Å². The summed E-state index contributed by atoms with van der Waals surface area (Å²) in [4.78, 5) is 8.36. The Bertz CT molecular complexity index is 398. The SMILES string of the molecule is Cc1nccnc1NCc1ccsc1. The van der Waals surface area contributed by atoms with Crippen LogP contribution in [0.25, 0.3) is 0 Å². The molecule has 1 N–H and O–H groups in total. The van der Waals surface area contributed by atoms with Gasteiger partial charge in [0, 0.05) is 18.9 Å².